The molecule has 4 heteroatoms. The summed E-state index contributed by atoms with van der Waals surface area (Å²) in [6.45, 7) is 0. The van der Waals surface area contributed by atoms with Crippen molar-refractivity contribution in [3.05, 3.63) is 45.7 Å². The maximum atomic E-state index is 12.4. The van der Waals surface area contributed by atoms with E-state index in [-0.39, 0.29) is 11.0 Å². The zero-order chi connectivity index (χ0) is 15.0. The molecule has 1 aromatic carbocycles. The van der Waals surface area contributed by atoms with Crippen LogP contribution in [0.2, 0.25) is 0 Å². The molecule has 1 saturated carbocycles. The number of nitrogens with zero attached hydrogens (tertiary/aromatic N) is 1. The van der Waals surface area contributed by atoms with Gasteiger partial charge in [-0.05, 0) is 36.5 Å². The minimum atomic E-state index is -1.17. The molecule has 1 heterocycles. The number of hydrogen-bond donors (Lipinski definition) is 1. The molecule has 1 fully saturated rings. The first-order valence-corrected chi connectivity index (χ1v) is 7.44. The maximum Gasteiger partial charge on any atom is 0.341 e. The molecular weight excluding hydrogens is 266 g/mol. The van der Waals surface area contributed by atoms with Crippen LogP contribution in [-0.4, -0.2) is 15.6 Å². The van der Waals surface area contributed by atoms with Gasteiger partial charge in [0, 0.05) is 18.6 Å². The lowest BCUT2D eigenvalue weighted by molar-refractivity contribution is 0.0695. The fourth-order valence-corrected chi connectivity index (χ4v) is 3.35. The van der Waals surface area contributed by atoms with Gasteiger partial charge >= 0.3 is 5.97 Å². The number of benzene rings is 1. The third kappa shape index (κ3) is 2.46. The number of carbonyl (C=O) groups is 1. The van der Waals surface area contributed by atoms with E-state index in [1.54, 1.807) is 11.6 Å². The Hall–Kier alpha value is -2.10. The van der Waals surface area contributed by atoms with Crippen LogP contribution in [0, 0.1) is 0 Å². The van der Waals surface area contributed by atoms with E-state index in [1.807, 2.05) is 12.1 Å². The molecule has 0 saturated heterocycles. The number of aromatic carboxylic acids is 1. The molecule has 0 amide bonds. The summed E-state index contributed by atoms with van der Waals surface area (Å²) in [4.78, 5) is 23.6. The van der Waals surface area contributed by atoms with Crippen LogP contribution >= 0.6 is 0 Å². The van der Waals surface area contributed by atoms with E-state index in [9.17, 15) is 9.59 Å². The molecule has 2 aromatic rings. The highest BCUT2D eigenvalue weighted by atomic mass is 16.4. The molecule has 110 valence electrons. The molecule has 1 aliphatic rings. The van der Waals surface area contributed by atoms with Crippen molar-refractivity contribution in [2.45, 2.75) is 38.0 Å². The van der Waals surface area contributed by atoms with Gasteiger partial charge in [-0.1, -0.05) is 25.3 Å². The lowest BCUT2D eigenvalue weighted by Crippen LogP contribution is -2.18. The third-order valence-electron chi connectivity index (χ3n) is 4.52. The molecule has 0 spiro atoms. The minimum Gasteiger partial charge on any atom is -0.477 e. The van der Waals surface area contributed by atoms with E-state index in [0.717, 1.165) is 18.4 Å². The Morgan fingerprint density at radius 1 is 1.24 bits per heavy atom. The van der Waals surface area contributed by atoms with E-state index in [4.69, 9.17) is 5.11 Å². The zero-order valence-electron chi connectivity index (χ0n) is 12.1. The van der Waals surface area contributed by atoms with Gasteiger partial charge in [0.2, 0.25) is 5.43 Å². The van der Waals surface area contributed by atoms with Gasteiger partial charge in [-0.3, -0.25) is 4.79 Å². The number of fused-ring (bicyclic) bond motifs is 1. The molecule has 1 N–H and O–H groups in total. The second-order valence-corrected chi connectivity index (χ2v) is 5.90. The first-order chi connectivity index (χ1) is 10.1. The number of rotatable bonds is 2. The van der Waals surface area contributed by atoms with Crippen LogP contribution in [0.1, 0.15) is 53.9 Å². The van der Waals surface area contributed by atoms with Crippen molar-refractivity contribution in [3.63, 3.8) is 0 Å². The molecule has 0 aliphatic heterocycles. The molecule has 0 unspecified atom stereocenters. The number of aromatic nitrogens is 1. The second-order valence-electron chi connectivity index (χ2n) is 5.90. The molecule has 0 bridgehead atoms. The Labute approximate surface area is 123 Å². The van der Waals surface area contributed by atoms with E-state index in [2.05, 4.69) is 6.07 Å². The quantitative estimate of drug-likeness (QED) is 0.921. The summed E-state index contributed by atoms with van der Waals surface area (Å²) in [7, 11) is 1.77. The minimum absolute atomic E-state index is 0.161. The Morgan fingerprint density at radius 3 is 2.62 bits per heavy atom. The Bertz CT molecular complexity index is 754. The molecule has 3 rings (SSSR count). The third-order valence-corrected chi connectivity index (χ3v) is 4.52. The highest BCUT2D eigenvalue weighted by Crippen LogP contribution is 2.33. The summed E-state index contributed by atoms with van der Waals surface area (Å²) >= 11 is 0. The van der Waals surface area contributed by atoms with E-state index in [0.29, 0.717) is 11.3 Å². The van der Waals surface area contributed by atoms with Gasteiger partial charge in [0.25, 0.3) is 0 Å². The summed E-state index contributed by atoms with van der Waals surface area (Å²) in [5, 5.41) is 9.67. The monoisotopic (exact) mass is 285 g/mol. The van der Waals surface area contributed by atoms with Gasteiger partial charge in [-0.2, -0.15) is 0 Å². The Balaban J connectivity index is 2.17. The van der Waals surface area contributed by atoms with Gasteiger partial charge in [-0.25, -0.2) is 4.79 Å². The van der Waals surface area contributed by atoms with Crippen LogP contribution in [0.25, 0.3) is 10.9 Å². The Morgan fingerprint density at radius 2 is 1.95 bits per heavy atom. The first kappa shape index (κ1) is 13.9. The van der Waals surface area contributed by atoms with Crippen molar-refractivity contribution >= 4 is 16.9 Å². The number of carboxylic acid groups (broad SMARTS) is 1. The van der Waals surface area contributed by atoms with E-state index in [1.165, 1.54) is 31.0 Å². The van der Waals surface area contributed by atoms with Crippen molar-refractivity contribution in [2.24, 2.45) is 7.05 Å². The first-order valence-electron chi connectivity index (χ1n) is 7.44. The van der Waals surface area contributed by atoms with Gasteiger partial charge < -0.3 is 9.67 Å². The molecule has 0 radical (unpaired) electrons. The average Bonchev–Trinajstić information content (AvgIpc) is 2.51. The topological polar surface area (TPSA) is 59.3 Å². The highest BCUT2D eigenvalue weighted by molar-refractivity contribution is 5.92. The summed E-state index contributed by atoms with van der Waals surface area (Å²) in [6.07, 6.45) is 7.46. The van der Waals surface area contributed by atoms with Gasteiger partial charge in [0.1, 0.15) is 5.56 Å². The zero-order valence-corrected chi connectivity index (χ0v) is 12.1. The molecule has 21 heavy (non-hydrogen) atoms. The summed E-state index contributed by atoms with van der Waals surface area (Å²) in [5.74, 6) is -0.665. The summed E-state index contributed by atoms with van der Waals surface area (Å²) in [5.41, 5.74) is 1.41. The normalized spacial score (nSPS) is 16.2. The number of hydrogen-bond acceptors (Lipinski definition) is 2. The molecule has 1 aliphatic carbocycles. The van der Waals surface area contributed by atoms with Crippen LogP contribution in [0.15, 0.2) is 29.2 Å². The lowest BCUT2D eigenvalue weighted by Gasteiger charge is -2.22. The van der Waals surface area contributed by atoms with Crippen molar-refractivity contribution in [1.82, 2.24) is 4.57 Å². The SMILES string of the molecule is Cn1cc(C(=O)O)c(=O)c2cc(C3CCCCC3)ccc21. The van der Waals surface area contributed by atoms with Crippen molar-refractivity contribution in [3.8, 4) is 0 Å². The molecule has 1 aromatic heterocycles. The maximum absolute atomic E-state index is 12.4. The van der Waals surface area contributed by atoms with Crippen LogP contribution < -0.4 is 5.43 Å². The van der Waals surface area contributed by atoms with Gasteiger partial charge in [0.05, 0.1) is 5.52 Å². The van der Waals surface area contributed by atoms with Crippen LogP contribution in [-0.2, 0) is 7.05 Å². The lowest BCUT2D eigenvalue weighted by atomic mass is 9.83. The van der Waals surface area contributed by atoms with Crippen LogP contribution in [0.4, 0.5) is 0 Å². The largest absolute Gasteiger partial charge is 0.477 e. The van der Waals surface area contributed by atoms with Gasteiger partial charge in [0.15, 0.2) is 0 Å². The molecule has 0 atom stereocenters. The summed E-state index contributed by atoms with van der Waals surface area (Å²) < 4.78 is 1.71. The summed E-state index contributed by atoms with van der Waals surface area (Å²) in [6, 6.07) is 5.92. The van der Waals surface area contributed by atoms with Crippen LogP contribution in [0.5, 0.6) is 0 Å². The number of aryl methyl sites for hydroxylation is 1. The highest BCUT2D eigenvalue weighted by Gasteiger charge is 2.18. The van der Waals surface area contributed by atoms with Gasteiger partial charge in [-0.15, -0.1) is 0 Å². The molecular formula is C17H19NO3. The Kier molecular flexibility index (Phi) is 3.53. The van der Waals surface area contributed by atoms with E-state index >= 15 is 0 Å². The number of pyridine rings is 1. The fraction of sp³-hybridized carbons (Fsp3) is 0.412. The average molecular weight is 285 g/mol. The predicted octanol–water partition coefficient (Wildman–Crippen LogP) is 3.28. The predicted molar refractivity (Wildman–Crippen MR) is 82.0 cm³/mol. The standard InChI is InChI=1S/C17H19NO3/c1-18-10-14(17(20)21)16(19)13-9-12(7-8-15(13)18)11-5-3-2-4-6-11/h7-11H,2-6H2,1H3,(H,20,21). The fourth-order valence-electron chi connectivity index (χ4n) is 3.35. The van der Waals surface area contributed by atoms with Crippen molar-refractivity contribution in [1.29, 1.82) is 0 Å². The molecule has 4 nitrogen and oxygen atoms in total. The van der Waals surface area contributed by atoms with E-state index < -0.39 is 5.97 Å². The smallest absolute Gasteiger partial charge is 0.341 e. The second kappa shape index (κ2) is 5.35. The van der Waals surface area contributed by atoms with Crippen molar-refractivity contribution in [2.75, 3.05) is 0 Å². The van der Waals surface area contributed by atoms with Crippen molar-refractivity contribution < 1.29 is 9.90 Å². The number of carboxylic acids is 1. The van der Waals surface area contributed by atoms with Crippen LogP contribution in [0.3, 0.4) is 0 Å².